The van der Waals surface area contributed by atoms with E-state index in [4.69, 9.17) is 39.9 Å². The number of halogens is 3. The molecule has 202 valence electrons. The first-order valence-electron chi connectivity index (χ1n) is 12.2. The lowest BCUT2D eigenvalue weighted by atomic mass is 9.92. The summed E-state index contributed by atoms with van der Waals surface area (Å²) in [6.45, 7) is 6.03. The molecular formula is C29H28Cl3N5O2. The second kappa shape index (κ2) is 12.1. The normalized spacial score (nSPS) is 11.2. The summed E-state index contributed by atoms with van der Waals surface area (Å²) in [4.78, 5) is 28.1. The molecule has 4 rings (SSSR count). The van der Waals surface area contributed by atoms with E-state index in [1.807, 2.05) is 75.4 Å². The number of anilines is 2. The number of aromatic nitrogens is 2. The minimum absolute atomic E-state index is 0.180. The molecule has 0 aliphatic carbocycles. The van der Waals surface area contributed by atoms with Crippen LogP contribution in [0.4, 0.5) is 16.3 Å². The van der Waals surface area contributed by atoms with Crippen molar-refractivity contribution in [1.29, 1.82) is 0 Å². The highest BCUT2D eigenvalue weighted by Gasteiger charge is 2.24. The molecule has 0 saturated carbocycles. The molecule has 1 aromatic heterocycles. The Kier molecular flexibility index (Phi) is 8.85. The number of nitrogens with one attached hydrogen (secondary N) is 2. The van der Waals surface area contributed by atoms with E-state index in [0.717, 1.165) is 11.3 Å². The van der Waals surface area contributed by atoms with Gasteiger partial charge in [-0.15, -0.1) is 0 Å². The Morgan fingerprint density at radius 2 is 1.46 bits per heavy atom. The molecule has 0 bridgehead atoms. The molecule has 0 spiro atoms. The third kappa shape index (κ3) is 7.12. The molecule has 10 heteroatoms. The fourth-order valence-corrected chi connectivity index (χ4v) is 4.51. The van der Waals surface area contributed by atoms with Gasteiger partial charge in [-0.25, -0.2) is 9.48 Å². The van der Waals surface area contributed by atoms with Crippen LogP contribution in [0.2, 0.25) is 15.1 Å². The predicted octanol–water partition coefficient (Wildman–Crippen LogP) is 7.80. The molecule has 7 nitrogen and oxygen atoms in total. The maximum absolute atomic E-state index is 13.4. The lowest BCUT2D eigenvalue weighted by Crippen LogP contribution is -2.40. The van der Waals surface area contributed by atoms with Gasteiger partial charge in [0.25, 0.3) is 0 Å². The highest BCUT2D eigenvalue weighted by Crippen LogP contribution is 2.31. The predicted molar refractivity (Wildman–Crippen MR) is 158 cm³/mol. The van der Waals surface area contributed by atoms with Crippen LogP contribution in [0, 0.1) is 0 Å². The monoisotopic (exact) mass is 583 g/mol. The maximum Gasteiger partial charge on any atom is 0.322 e. The van der Waals surface area contributed by atoms with Crippen molar-refractivity contribution in [2.24, 2.45) is 0 Å². The van der Waals surface area contributed by atoms with Gasteiger partial charge in [0.1, 0.15) is 12.4 Å². The van der Waals surface area contributed by atoms with Crippen LogP contribution in [0.1, 0.15) is 32.0 Å². The van der Waals surface area contributed by atoms with Crippen LogP contribution >= 0.6 is 34.8 Å². The van der Waals surface area contributed by atoms with Crippen molar-refractivity contribution in [3.63, 3.8) is 0 Å². The summed E-state index contributed by atoms with van der Waals surface area (Å²) in [7, 11) is 0. The number of hydrogen-bond acceptors (Lipinski definition) is 3. The smallest absolute Gasteiger partial charge is 0.311 e. The molecule has 0 aliphatic heterocycles. The van der Waals surface area contributed by atoms with Gasteiger partial charge in [-0.3, -0.25) is 4.79 Å². The van der Waals surface area contributed by atoms with Crippen LogP contribution in [0.5, 0.6) is 0 Å². The second-order valence-corrected chi connectivity index (χ2v) is 11.2. The first kappa shape index (κ1) is 28.5. The number of nitrogens with zero attached hydrogens (tertiary/aromatic N) is 3. The van der Waals surface area contributed by atoms with E-state index in [1.54, 1.807) is 28.9 Å². The first-order chi connectivity index (χ1) is 18.5. The van der Waals surface area contributed by atoms with Crippen molar-refractivity contribution < 1.29 is 9.59 Å². The zero-order chi connectivity index (χ0) is 28.2. The highest BCUT2D eigenvalue weighted by atomic mass is 35.5. The molecule has 4 aromatic rings. The summed E-state index contributed by atoms with van der Waals surface area (Å²) in [6, 6.07) is 22.8. The SMILES string of the molecule is CC(C)(C)c1cc(NC(=O)CN(Cc2ccccc2)C(=O)Nc2c(Cl)cccc2Cl)n(-c2ccccc2Cl)n1. The van der Waals surface area contributed by atoms with Gasteiger partial charge in [0, 0.05) is 18.0 Å². The Morgan fingerprint density at radius 3 is 2.10 bits per heavy atom. The van der Waals surface area contributed by atoms with Crippen molar-refractivity contribution in [3.8, 4) is 5.69 Å². The highest BCUT2D eigenvalue weighted by molar-refractivity contribution is 6.39. The average Bonchev–Trinajstić information content (AvgIpc) is 3.30. The third-order valence-electron chi connectivity index (χ3n) is 5.86. The summed E-state index contributed by atoms with van der Waals surface area (Å²) in [5.74, 6) is 0.0206. The molecule has 3 aromatic carbocycles. The Bertz CT molecular complexity index is 1460. The fourth-order valence-electron chi connectivity index (χ4n) is 3.81. The molecule has 0 aliphatic rings. The number of para-hydroxylation sites is 2. The topological polar surface area (TPSA) is 79.3 Å². The molecule has 0 atom stereocenters. The van der Waals surface area contributed by atoms with Gasteiger partial charge >= 0.3 is 6.03 Å². The van der Waals surface area contributed by atoms with Crippen LogP contribution in [-0.4, -0.2) is 33.2 Å². The van der Waals surface area contributed by atoms with Gasteiger partial charge in [0.15, 0.2) is 0 Å². The van der Waals surface area contributed by atoms with Crippen LogP contribution in [0.15, 0.2) is 78.9 Å². The number of carbonyl (C=O) groups excluding carboxylic acids is 2. The Hall–Kier alpha value is -3.52. The van der Waals surface area contributed by atoms with Gasteiger partial charge in [0.2, 0.25) is 5.91 Å². The number of rotatable bonds is 7. The minimum atomic E-state index is -0.529. The van der Waals surface area contributed by atoms with E-state index in [2.05, 4.69) is 10.6 Å². The quantitative estimate of drug-likeness (QED) is 0.233. The number of amides is 3. The Balaban J connectivity index is 1.61. The molecule has 0 saturated heterocycles. The Labute approximate surface area is 242 Å². The van der Waals surface area contributed by atoms with E-state index in [1.165, 1.54) is 4.90 Å². The number of hydrogen-bond donors (Lipinski definition) is 2. The van der Waals surface area contributed by atoms with Gasteiger partial charge in [-0.05, 0) is 29.8 Å². The Morgan fingerprint density at radius 1 is 0.846 bits per heavy atom. The van der Waals surface area contributed by atoms with Crippen LogP contribution in [0.3, 0.4) is 0 Å². The lowest BCUT2D eigenvalue weighted by molar-refractivity contribution is -0.116. The van der Waals surface area contributed by atoms with Gasteiger partial charge in [-0.1, -0.05) is 104 Å². The number of urea groups is 1. The molecule has 0 radical (unpaired) electrons. The summed E-state index contributed by atoms with van der Waals surface area (Å²) in [5.41, 5.74) is 2.24. The van der Waals surface area contributed by atoms with E-state index < -0.39 is 11.9 Å². The molecule has 1 heterocycles. The van der Waals surface area contributed by atoms with E-state index in [0.29, 0.717) is 26.6 Å². The van der Waals surface area contributed by atoms with E-state index in [9.17, 15) is 9.59 Å². The van der Waals surface area contributed by atoms with Crippen molar-refractivity contribution in [3.05, 3.63) is 105 Å². The fraction of sp³-hybridized carbons (Fsp3) is 0.207. The molecule has 3 amide bonds. The molecule has 0 fully saturated rings. The largest absolute Gasteiger partial charge is 0.322 e. The van der Waals surface area contributed by atoms with Crippen LogP contribution < -0.4 is 10.6 Å². The number of benzene rings is 3. The van der Waals surface area contributed by atoms with Crippen molar-refractivity contribution in [2.45, 2.75) is 32.7 Å². The van der Waals surface area contributed by atoms with Gasteiger partial charge in [0.05, 0.1) is 32.1 Å². The molecule has 2 N–H and O–H groups in total. The van der Waals surface area contributed by atoms with Gasteiger partial charge in [-0.2, -0.15) is 5.10 Å². The first-order valence-corrected chi connectivity index (χ1v) is 13.4. The van der Waals surface area contributed by atoms with Crippen molar-refractivity contribution >= 4 is 58.2 Å². The summed E-state index contributed by atoms with van der Waals surface area (Å²) < 4.78 is 1.60. The second-order valence-electron chi connectivity index (χ2n) is 9.94. The standard InChI is InChI=1S/C29H28Cl3N5O2/c1-29(2,3)24-16-25(37(35-24)23-15-8-7-12-20(23)30)33-26(38)18-36(17-19-10-5-4-6-11-19)28(39)34-27-21(31)13-9-14-22(27)32/h4-16H,17-18H2,1-3H3,(H,33,38)(H,34,39). The summed E-state index contributed by atoms with van der Waals surface area (Å²) in [5, 5.41) is 11.4. The molecule has 39 heavy (non-hydrogen) atoms. The lowest BCUT2D eigenvalue weighted by Gasteiger charge is -2.23. The average molecular weight is 585 g/mol. The minimum Gasteiger partial charge on any atom is -0.311 e. The van der Waals surface area contributed by atoms with E-state index >= 15 is 0 Å². The summed E-state index contributed by atoms with van der Waals surface area (Å²) >= 11 is 19.0. The third-order valence-corrected chi connectivity index (χ3v) is 6.81. The maximum atomic E-state index is 13.4. The van der Waals surface area contributed by atoms with Crippen molar-refractivity contribution in [1.82, 2.24) is 14.7 Å². The van der Waals surface area contributed by atoms with E-state index in [-0.39, 0.29) is 24.2 Å². The van der Waals surface area contributed by atoms with Crippen molar-refractivity contribution in [2.75, 3.05) is 17.2 Å². The van der Waals surface area contributed by atoms with Crippen LogP contribution in [0.25, 0.3) is 5.69 Å². The zero-order valence-corrected chi connectivity index (χ0v) is 24.0. The zero-order valence-electron chi connectivity index (χ0n) is 21.7. The van der Waals surface area contributed by atoms with Gasteiger partial charge < -0.3 is 15.5 Å². The van der Waals surface area contributed by atoms with Crippen LogP contribution in [-0.2, 0) is 16.8 Å². The summed E-state index contributed by atoms with van der Waals surface area (Å²) in [6.07, 6.45) is 0. The molecular weight excluding hydrogens is 557 g/mol. The molecule has 0 unspecified atom stereocenters. The number of carbonyl (C=O) groups is 2.